The van der Waals surface area contributed by atoms with Crippen molar-refractivity contribution in [2.24, 2.45) is 0 Å². The van der Waals surface area contributed by atoms with Crippen molar-refractivity contribution in [3.63, 3.8) is 0 Å². The van der Waals surface area contributed by atoms with E-state index in [0.717, 1.165) is 6.42 Å². The van der Waals surface area contributed by atoms with E-state index in [9.17, 15) is 14.5 Å². The Bertz CT molecular complexity index is 261. The Morgan fingerprint density at radius 3 is 2.43 bits per heavy atom. The third-order valence-corrected chi connectivity index (χ3v) is 2.79. The fourth-order valence-electron chi connectivity index (χ4n) is 1.13. The first-order valence-corrected chi connectivity index (χ1v) is 5.41. The van der Waals surface area contributed by atoms with Gasteiger partial charge in [-0.1, -0.05) is 0 Å². The molecule has 0 aliphatic carbocycles. The van der Waals surface area contributed by atoms with Crippen LogP contribution < -0.4 is 0 Å². The van der Waals surface area contributed by atoms with Crippen molar-refractivity contribution < 1.29 is 34.1 Å². The highest BCUT2D eigenvalue weighted by Crippen LogP contribution is 2.44. The number of hydrogen-bond donors (Lipinski definition) is 4. The van der Waals surface area contributed by atoms with Gasteiger partial charge in [0.2, 0.25) is 0 Å². The van der Waals surface area contributed by atoms with Gasteiger partial charge < -0.3 is 29.5 Å². The molecule has 14 heavy (non-hydrogen) atoms. The Balaban J connectivity index is 2.70. The van der Waals surface area contributed by atoms with Gasteiger partial charge in [0, 0.05) is 6.42 Å². The number of hydrogen-bond acceptors (Lipinski definition) is 5. The van der Waals surface area contributed by atoms with E-state index in [1.54, 1.807) is 0 Å². The van der Waals surface area contributed by atoms with Gasteiger partial charge >= 0.3 is 7.60 Å². The first-order chi connectivity index (χ1) is 6.36. The molecule has 0 aromatic rings. The van der Waals surface area contributed by atoms with Crippen molar-refractivity contribution in [3.8, 4) is 0 Å². The van der Waals surface area contributed by atoms with Crippen molar-refractivity contribution in [3.05, 3.63) is 6.42 Å². The zero-order chi connectivity index (χ0) is 10.9. The highest BCUT2D eigenvalue weighted by atomic mass is 31.2. The maximum atomic E-state index is 10.6. The second-order valence-corrected chi connectivity index (χ2v) is 4.59. The predicted octanol–water partition coefficient (Wildman–Crippen LogP) is -1.99. The molecule has 81 valence electrons. The molecule has 4 atom stereocenters. The molecule has 1 saturated heterocycles. The minimum Gasteiger partial charge on any atom is -0.390 e. The topological polar surface area (TPSA) is 124 Å². The zero-order valence-corrected chi connectivity index (χ0v) is 7.82. The van der Waals surface area contributed by atoms with Crippen LogP contribution >= 0.6 is 7.60 Å². The molecular formula is C6H10O7P. The lowest BCUT2D eigenvalue weighted by Crippen LogP contribution is -2.34. The standard InChI is InChI=1S/C6H10O7P/c7-2-3-1-4(8)5(13-3)6(9)14(10,11)12/h1-6,8-9H,(H2,10,11,12)/t3?,4-,5-,6?/m0/s1. The maximum Gasteiger partial charge on any atom is 0.356 e. The molecule has 0 spiro atoms. The minimum absolute atomic E-state index is 0.357. The third-order valence-electron chi connectivity index (χ3n) is 1.81. The Morgan fingerprint density at radius 1 is 1.50 bits per heavy atom. The van der Waals surface area contributed by atoms with Crippen LogP contribution in [0.2, 0.25) is 0 Å². The van der Waals surface area contributed by atoms with Gasteiger partial charge in [0.1, 0.15) is 18.5 Å². The Hall–Kier alpha value is -0.300. The predicted molar refractivity (Wildman–Crippen MR) is 43.1 cm³/mol. The highest BCUT2D eigenvalue weighted by molar-refractivity contribution is 7.52. The number of aldehydes is 1. The fraction of sp³-hybridized carbons (Fsp3) is 0.667. The summed E-state index contributed by atoms with van der Waals surface area (Å²) in [4.78, 5) is 27.4. The van der Waals surface area contributed by atoms with Crippen LogP contribution in [0, 0.1) is 6.42 Å². The van der Waals surface area contributed by atoms with Crippen molar-refractivity contribution >= 4 is 13.9 Å². The van der Waals surface area contributed by atoms with E-state index in [2.05, 4.69) is 0 Å². The lowest BCUT2D eigenvalue weighted by molar-refractivity contribution is -0.119. The second-order valence-electron chi connectivity index (χ2n) is 2.89. The molecule has 1 rings (SSSR count). The normalized spacial score (nSPS) is 35.6. The Morgan fingerprint density at radius 2 is 2.07 bits per heavy atom. The molecule has 0 saturated carbocycles. The molecule has 0 bridgehead atoms. The van der Waals surface area contributed by atoms with Gasteiger partial charge in [0.25, 0.3) is 0 Å². The lowest BCUT2D eigenvalue weighted by atomic mass is 10.1. The summed E-state index contributed by atoms with van der Waals surface area (Å²) in [6.07, 6.45) is -2.47. The summed E-state index contributed by atoms with van der Waals surface area (Å²) in [5.74, 6) is -2.13. The fourth-order valence-corrected chi connectivity index (χ4v) is 1.76. The van der Waals surface area contributed by atoms with E-state index in [1.807, 2.05) is 0 Å². The van der Waals surface area contributed by atoms with E-state index in [4.69, 9.17) is 19.6 Å². The largest absolute Gasteiger partial charge is 0.390 e. The molecule has 1 aliphatic heterocycles. The average Bonchev–Trinajstić information content (AvgIpc) is 2.43. The monoisotopic (exact) mass is 225 g/mol. The molecule has 1 fully saturated rings. The molecular weight excluding hydrogens is 215 g/mol. The summed E-state index contributed by atoms with van der Waals surface area (Å²) in [5, 5.41) is 18.3. The molecule has 0 aromatic heterocycles. The van der Waals surface area contributed by atoms with E-state index in [-0.39, 0.29) is 0 Å². The van der Waals surface area contributed by atoms with Crippen molar-refractivity contribution in [2.75, 3.05) is 0 Å². The van der Waals surface area contributed by atoms with Gasteiger partial charge in [0.05, 0.1) is 6.10 Å². The van der Waals surface area contributed by atoms with Gasteiger partial charge in [-0.05, 0) is 0 Å². The van der Waals surface area contributed by atoms with Crippen LogP contribution in [0.5, 0.6) is 0 Å². The summed E-state index contributed by atoms with van der Waals surface area (Å²) in [7, 11) is -4.75. The van der Waals surface area contributed by atoms with Crippen molar-refractivity contribution in [1.29, 1.82) is 0 Å². The van der Waals surface area contributed by atoms with Crippen LogP contribution in [0.3, 0.4) is 0 Å². The average molecular weight is 225 g/mol. The molecule has 7 nitrogen and oxygen atoms in total. The molecule has 1 aliphatic rings. The van der Waals surface area contributed by atoms with Crippen LogP contribution in [0.15, 0.2) is 0 Å². The smallest absolute Gasteiger partial charge is 0.356 e. The number of rotatable bonds is 3. The maximum absolute atomic E-state index is 10.6. The summed E-state index contributed by atoms with van der Waals surface area (Å²) < 4.78 is 15.3. The summed E-state index contributed by atoms with van der Waals surface area (Å²) >= 11 is 0. The molecule has 0 amide bonds. The zero-order valence-electron chi connectivity index (χ0n) is 6.92. The number of carbonyl (C=O) groups excluding carboxylic acids is 1. The second kappa shape index (κ2) is 4.06. The molecule has 4 N–H and O–H groups in total. The number of aliphatic hydroxyl groups excluding tert-OH is 2. The van der Waals surface area contributed by atoms with E-state index in [1.165, 1.54) is 0 Å². The first-order valence-electron chi connectivity index (χ1n) is 3.73. The van der Waals surface area contributed by atoms with Gasteiger partial charge in [0.15, 0.2) is 5.85 Å². The van der Waals surface area contributed by atoms with Crippen LogP contribution in [-0.2, 0) is 14.1 Å². The van der Waals surface area contributed by atoms with Crippen LogP contribution in [-0.4, -0.2) is 50.4 Å². The van der Waals surface area contributed by atoms with E-state index >= 15 is 0 Å². The molecule has 8 heteroatoms. The molecule has 2 unspecified atom stereocenters. The quantitative estimate of drug-likeness (QED) is 0.324. The van der Waals surface area contributed by atoms with Gasteiger partial charge in [-0.3, -0.25) is 4.57 Å². The minimum atomic E-state index is -4.75. The first kappa shape index (κ1) is 11.8. The SMILES string of the molecule is O=CC1[CH][C@H](O)[C@@H](C(O)P(=O)(O)O)O1. The summed E-state index contributed by atoms with van der Waals surface area (Å²) in [6.45, 7) is 0. The lowest BCUT2D eigenvalue weighted by Gasteiger charge is -2.21. The highest BCUT2D eigenvalue weighted by Gasteiger charge is 2.45. The Labute approximate surface area is 79.5 Å². The van der Waals surface area contributed by atoms with E-state index in [0.29, 0.717) is 6.29 Å². The summed E-state index contributed by atoms with van der Waals surface area (Å²) in [5.41, 5.74) is 0. The number of aliphatic hydroxyl groups is 2. The van der Waals surface area contributed by atoms with Gasteiger partial charge in [-0.2, -0.15) is 0 Å². The molecule has 1 heterocycles. The van der Waals surface area contributed by atoms with Gasteiger partial charge in [-0.25, -0.2) is 0 Å². The third kappa shape index (κ3) is 2.38. The van der Waals surface area contributed by atoms with Crippen LogP contribution in [0.1, 0.15) is 0 Å². The van der Waals surface area contributed by atoms with E-state index < -0.39 is 31.8 Å². The number of ether oxygens (including phenoxy) is 1. The van der Waals surface area contributed by atoms with Crippen LogP contribution in [0.25, 0.3) is 0 Å². The van der Waals surface area contributed by atoms with Crippen molar-refractivity contribution in [2.45, 2.75) is 24.2 Å². The van der Waals surface area contributed by atoms with Crippen LogP contribution in [0.4, 0.5) is 0 Å². The Kier molecular flexibility index (Phi) is 3.41. The molecule has 0 aromatic carbocycles. The molecule has 1 radical (unpaired) electrons. The summed E-state index contributed by atoms with van der Waals surface area (Å²) in [6, 6.07) is 0. The van der Waals surface area contributed by atoms with Gasteiger partial charge in [-0.15, -0.1) is 0 Å². The van der Waals surface area contributed by atoms with Crippen molar-refractivity contribution in [1.82, 2.24) is 0 Å². The number of carbonyl (C=O) groups is 1.